The van der Waals surface area contributed by atoms with Crippen LogP contribution in [-0.4, -0.2) is 35.9 Å². The number of amides is 1. The number of aromatic nitrogens is 1. The summed E-state index contributed by atoms with van der Waals surface area (Å²) in [6.45, 7) is 2.91. The molecule has 0 N–H and O–H groups in total. The Balaban J connectivity index is 1.60. The van der Waals surface area contributed by atoms with Gasteiger partial charge in [0.15, 0.2) is 0 Å². The SMILES string of the molecule is CN(Cc1ccccc1N1CCCC1)C(=O)CCc1cccnc1. The molecule has 24 heavy (non-hydrogen) atoms. The first kappa shape index (κ1) is 16.5. The number of carbonyl (C=O) groups excluding carboxylic acids is 1. The molecule has 1 saturated heterocycles. The van der Waals surface area contributed by atoms with Crippen LogP contribution < -0.4 is 4.90 Å². The van der Waals surface area contributed by atoms with Gasteiger partial charge in [-0.05, 0) is 42.5 Å². The molecule has 4 nitrogen and oxygen atoms in total. The average Bonchev–Trinajstić information content (AvgIpc) is 3.15. The summed E-state index contributed by atoms with van der Waals surface area (Å²) in [5.41, 5.74) is 3.62. The highest BCUT2D eigenvalue weighted by Gasteiger charge is 2.17. The van der Waals surface area contributed by atoms with Gasteiger partial charge in [-0.15, -0.1) is 0 Å². The minimum absolute atomic E-state index is 0.176. The Hall–Kier alpha value is -2.36. The molecule has 1 aliphatic rings. The van der Waals surface area contributed by atoms with Crippen LogP contribution in [0.5, 0.6) is 0 Å². The Morgan fingerprint density at radius 2 is 1.96 bits per heavy atom. The van der Waals surface area contributed by atoms with Gasteiger partial charge in [0, 0.05) is 51.2 Å². The molecule has 0 unspecified atom stereocenters. The van der Waals surface area contributed by atoms with Gasteiger partial charge in [-0.2, -0.15) is 0 Å². The van der Waals surface area contributed by atoms with Gasteiger partial charge in [0.25, 0.3) is 0 Å². The minimum Gasteiger partial charge on any atom is -0.371 e. The summed E-state index contributed by atoms with van der Waals surface area (Å²) in [7, 11) is 1.90. The number of pyridine rings is 1. The molecule has 126 valence electrons. The number of benzene rings is 1. The normalized spacial score (nSPS) is 14.0. The molecule has 3 rings (SSSR count). The lowest BCUT2D eigenvalue weighted by atomic mass is 10.1. The largest absolute Gasteiger partial charge is 0.371 e. The summed E-state index contributed by atoms with van der Waals surface area (Å²) < 4.78 is 0. The highest BCUT2D eigenvalue weighted by atomic mass is 16.2. The highest BCUT2D eigenvalue weighted by molar-refractivity contribution is 5.76. The van der Waals surface area contributed by atoms with Crippen LogP contribution >= 0.6 is 0 Å². The Kier molecular flexibility index (Phi) is 5.47. The number of nitrogens with zero attached hydrogens (tertiary/aromatic N) is 3. The molecular formula is C20H25N3O. The maximum atomic E-state index is 12.4. The van der Waals surface area contributed by atoms with Crippen molar-refractivity contribution in [2.75, 3.05) is 25.0 Å². The number of hydrogen-bond donors (Lipinski definition) is 0. The predicted molar refractivity (Wildman–Crippen MR) is 96.9 cm³/mol. The Morgan fingerprint density at radius 1 is 1.17 bits per heavy atom. The molecular weight excluding hydrogens is 298 g/mol. The van der Waals surface area contributed by atoms with E-state index in [9.17, 15) is 4.79 Å². The third kappa shape index (κ3) is 4.13. The summed E-state index contributed by atoms with van der Waals surface area (Å²) >= 11 is 0. The minimum atomic E-state index is 0.176. The first-order valence-electron chi connectivity index (χ1n) is 8.70. The fourth-order valence-corrected chi connectivity index (χ4v) is 3.24. The molecule has 1 amide bonds. The van der Waals surface area contributed by atoms with Crippen molar-refractivity contribution in [1.82, 2.24) is 9.88 Å². The number of hydrogen-bond acceptors (Lipinski definition) is 3. The van der Waals surface area contributed by atoms with Gasteiger partial charge < -0.3 is 9.80 Å². The van der Waals surface area contributed by atoms with E-state index in [1.807, 2.05) is 30.3 Å². The fourth-order valence-electron chi connectivity index (χ4n) is 3.24. The molecule has 1 aromatic heterocycles. The van der Waals surface area contributed by atoms with E-state index in [4.69, 9.17) is 0 Å². The van der Waals surface area contributed by atoms with E-state index in [-0.39, 0.29) is 5.91 Å². The quantitative estimate of drug-likeness (QED) is 0.818. The third-order valence-electron chi connectivity index (χ3n) is 4.62. The Labute approximate surface area is 144 Å². The van der Waals surface area contributed by atoms with E-state index in [2.05, 4.69) is 34.1 Å². The number of rotatable bonds is 6. The van der Waals surface area contributed by atoms with Crippen molar-refractivity contribution in [1.29, 1.82) is 0 Å². The lowest BCUT2D eigenvalue weighted by Crippen LogP contribution is -2.28. The summed E-state index contributed by atoms with van der Waals surface area (Å²) in [4.78, 5) is 20.8. The van der Waals surface area contributed by atoms with E-state index in [0.29, 0.717) is 13.0 Å². The summed E-state index contributed by atoms with van der Waals surface area (Å²) in [6.07, 6.45) is 7.37. The van der Waals surface area contributed by atoms with Crippen molar-refractivity contribution in [3.63, 3.8) is 0 Å². The molecule has 2 heterocycles. The van der Waals surface area contributed by atoms with Gasteiger partial charge in [-0.3, -0.25) is 9.78 Å². The molecule has 1 fully saturated rings. The highest BCUT2D eigenvalue weighted by Crippen LogP contribution is 2.25. The van der Waals surface area contributed by atoms with E-state index in [0.717, 1.165) is 25.1 Å². The second-order valence-electron chi connectivity index (χ2n) is 6.43. The van der Waals surface area contributed by atoms with Gasteiger partial charge in [0.1, 0.15) is 0 Å². The standard InChI is InChI=1S/C20H25N3O/c1-22(20(24)11-10-17-7-6-12-21-15-17)16-18-8-2-3-9-19(18)23-13-4-5-14-23/h2-3,6-9,12,15H,4-5,10-11,13-14,16H2,1H3. The van der Waals surface area contributed by atoms with E-state index in [1.54, 1.807) is 6.20 Å². The predicted octanol–water partition coefficient (Wildman–Crippen LogP) is 3.27. The van der Waals surface area contributed by atoms with Crippen LogP contribution in [0.2, 0.25) is 0 Å². The second kappa shape index (κ2) is 7.95. The van der Waals surface area contributed by atoms with E-state index >= 15 is 0 Å². The first-order valence-corrected chi connectivity index (χ1v) is 8.70. The molecule has 0 saturated carbocycles. The Bertz CT molecular complexity index is 666. The van der Waals surface area contributed by atoms with Crippen molar-refractivity contribution in [2.24, 2.45) is 0 Å². The van der Waals surface area contributed by atoms with Crippen LogP contribution in [0.1, 0.15) is 30.4 Å². The fraction of sp³-hybridized carbons (Fsp3) is 0.400. The molecule has 0 bridgehead atoms. The molecule has 0 aliphatic carbocycles. The van der Waals surface area contributed by atoms with Crippen LogP contribution in [0, 0.1) is 0 Å². The van der Waals surface area contributed by atoms with Gasteiger partial charge in [0.2, 0.25) is 5.91 Å². The Morgan fingerprint density at radius 3 is 2.71 bits per heavy atom. The lowest BCUT2D eigenvalue weighted by molar-refractivity contribution is -0.130. The lowest BCUT2D eigenvalue weighted by Gasteiger charge is -2.24. The number of anilines is 1. The van der Waals surface area contributed by atoms with Gasteiger partial charge in [-0.25, -0.2) is 0 Å². The van der Waals surface area contributed by atoms with Crippen LogP contribution in [0.25, 0.3) is 0 Å². The molecule has 0 radical (unpaired) electrons. The average molecular weight is 323 g/mol. The van der Waals surface area contributed by atoms with Crippen LogP contribution in [0.4, 0.5) is 5.69 Å². The monoisotopic (exact) mass is 323 g/mol. The third-order valence-corrected chi connectivity index (χ3v) is 4.62. The number of carbonyl (C=O) groups is 1. The summed E-state index contributed by atoms with van der Waals surface area (Å²) in [5.74, 6) is 0.176. The molecule has 0 atom stereocenters. The topological polar surface area (TPSA) is 36.4 Å². The maximum absolute atomic E-state index is 12.4. The van der Waals surface area contributed by atoms with Gasteiger partial charge >= 0.3 is 0 Å². The van der Waals surface area contributed by atoms with Crippen molar-refractivity contribution in [3.05, 3.63) is 59.9 Å². The molecule has 1 aliphatic heterocycles. The van der Waals surface area contributed by atoms with E-state index < -0.39 is 0 Å². The van der Waals surface area contributed by atoms with Gasteiger partial charge in [0.05, 0.1) is 0 Å². The number of para-hydroxylation sites is 1. The molecule has 1 aromatic carbocycles. The van der Waals surface area contributed by atoms with Crippen LogP contribution in [0.15, 0.2) is 48.8 Å². The van der Waals surface area contributed by atoms with E-state index in [1.165, 1.54) is 24.1 Å². The first-order chi connectivity index (χ1) is 11.7. The zero-order valence-corrected chi connectivity index (χ0v) is 14.3. The zero-order valence-electron chi connectivity index (χ0n) is 14.3. The molecule has 4 heteroatoms. The zero-order chi connectivity index (χ0) is 16.8. The van der Waals surface area contributed by atoms with Crippen molar-refractivity contribution in [3.8, 4) is 0 Å². The maximum Gasteiger partial charge on any atom is 0.222 e. The van der Waals surface area contributed by atoms with Crippen molar-refractivity contribution >= 4 is 11.6 Å². The summed E-state index contributed by atoms with van der Waals surface area (Å²) in [6, 6.07) is 12.4. The van der Waals surface area contributed by atoms with Crippen molar-refractivity contribution in [2.45, 2.75) is 32.2 Å². The molecule has 2 aromatic rings. The smallest absolute Gasteiger partial charge is 0.222 e. The van der Waals surface area contributed by atoms with Crippen LogP contribution in [0.3, 0.4) is 0 Å². The van der Waals surface area contributed by atoms with Crippen LogP contribution in [-0.2, 0) is 17.8 Å². The van der Waals surface area contributed by atoms with Gasteiger partial charge in [-0.1, -0.05) is 24.3 Å². The molecule has 0 spiro atoms. The van der Waals surface area contributed by atoms with Crippen molar-refractivity contribution < 1.29 is 4.79 Å². The number of aryl methyl sites for hydroxylation is 1. The summed E-state index contributed by atoms with van der Waals surface area (Å²) in [5, 5.41) is 0. The second-order valence-corrected chi connectivity index (χ2v) is 6.43.